The number of aromatic nitrogens is 2. The standard InChI is InChI=1S/C17H15F2N3OS/c1-9-7-11(10(2)24-9)15-8-14(21-22(15)3)17(23)20-16-12(18)5-4-6-13(16)19/h4-8H,1-3H3,(H,20,23). The van der Waals surface area contributed by atoms with Crippen molar-refractivity contribution >= 4 is 22.9 Å². The minimum Gasteiger partial charge on any atom is -0.316 e. The predicted octanol–water partition coefficient (Wildman–Crippen LogP) is 4.30. The molecule has 0 fully saturated rings. The van der Waals surface area contributed by atoms with Crippen molar-refractivity contribution in [2.75, 3.05) is 5.32 Å². The number of hydrogen-bond acceptors (Lipinski definition) is 3. The van der Waals surface area contributed by atoms with Crippen LogP contribution < -0.4 is 5.32 Å². The molecule has 0 aliphatic rings. The summed E-state index contributed by atoms with van der Waals surface area (Å²) in [5.41, 5.74) is 1.38. The molecule has 1 N–H and O–H groups in total. The van der Waals surface area contributed by atoms with E-state index in [0.717, 1.165) is 33.1 Å². The van der Waals surface area contributed by atoms with Crippen molar-refractivity contribution in [2.45, 2.75) is 13.8 Å². The average molecular weight is 347 g/mol. The summed E-state index contributed by atoms with van der Waals surface area (Å²) in [6.45, 7) is 4.00. The Balaban J connectivity index is 1.92. The number of para-hydroxylation sites is 1. The Morgan fingerprint density at radius 3 is 2.46 bits per heavy atom. The van der Waals surface area contributed by atoms with Gasteiger partial charge in [-0.3, -0.25) is 9.48 Å². The second-order valence-electron chi connectivity index (χ2n) is 5.42. The molecule has 0 unspecified atom stereocenters. The summed E-state index contributed by atoms with van der Waals surface area (Å²) in [5.74, 6) is -2.32. The molecule has 0 aliphatic heterocycles. The number of nitrogens with one attached hydrogen (secondary N) is 1. The van der Waals surface area contributed by atoms with Crippen LogP contribution >= 0.6 is 11.3 Å². The Morgan fingerprint density at radius 1 is 1.21 bits per heavy atom. The summed E-state index contributed by atoms with van der Waals surface area (Å²) >= 11 is 1.66. The number of nitrogens with zero attached hydrogens (tertiary/aromatic N) is 2. The topological polar surface area (TPSA) is 46.9 Å². The average Bonchev–Trinajstić information content (AvgIpc) is 3.05. The summed E-state index contributed by atoms with van der Waals surface area (Å²) in [6, 6.07) is 7.04. The normalized spacial score (nSPS) is 10.9. The lowest BCUT2D eigenvalue weighted by Gasteiger charge is -2.05. The zero-order chi connectivity index (χ0) is 17.4. The highest BCUT2D eigenvalue weighted by atomic mass is 32.1. The largest absolute Gasteiger partial charge is 0.316 e. The van der Waals surface area contributed by atoms with Gasteiger partial charge in [-0.2, -0.15) is 5.10 Å². The highest BCUT2D eigenvalue weighted by Gasteiger charge is 2.19. The van der Waals surface area contributed by atoms with E-state index in [9.17, 15) is 13.6 Å². The lowest BCUT2D eigenvalue weighted by Crippen LogP contribution is -2.15. The van der Waals surface area contributed by atoms with E-state index in [0.29, 0.717) is 0 Å². The number of rotatable bonds is 3. The van der Waals surface area contributed by atoms with Gasteiger partial charge in [0.15, 0.2) is 5.69 Å². The van der Waals surface area contributed by atoms with Crippen molar-refractivity contribution in [1.29, 1.82) is 0 Å². The summed E-state index contributed by atoms with van der Waals surface area (Å²) in [7, 11) is 1.72. The molecule has 0 radical (unpaired) electrons. The van der Waals surface area contributed by atoms with E-state index in [1.54, 1.807) is 29.1 Å². The number of benzene rings is 1. The second-order valence-corrected chi connectivity index (χ2v) is 6.88. The molecule has 1 amide bonds. The maximum atomic E-state index is 13.7. The van der Waals surface area contributed by atoms with E-state index in [1.165, 1.54) is 6.07 Å². The van der Waals surface area contributed by atoms with Crippen molar-refractivity contribution in [2.24, 2.45) is 7.05 Å². The summed E-state index contributed by atoms with van der Waals surface area (Å²) < 4.78 is 28.9. The number of thiophene rings is 1. The molecule has 24 heavy (non-hydrogen) atoms. The first-order valence-electron chi connectivity index (χ1n) is 7.23. The molecule has 0 spiro atoms. The van der Waals surface area contributed by atoms with Gasteiger partial charge >= 0.3 is 0 Å². The second kappa shape index (κ2) is 6.16. The Hall–Kier alpha value is -2.54. The van der Waals surface area contributed by atoms with Crippen LogP contribution in [0.3, 0.4) is 0 Å². The van der Waals surface area contributed by atoms with Crippen LogP contribution in [0, 0.1) is 25.5 Å². The maximum Gasteiger partial charge on any atom is 0.276 e. The molecule has 1 aromatic carbocycles. The van der Waals surface area contributed by atoms with Crippen LogP contribution in [0.15, 0.2) is 30.3 Å². The van der Waals surface area contributed by atoms with Crippen LogP contribution in [0.1, 0.15) is 20.2 Å². The Morgan fingerprint density at radius 2 is 1.88 bits per heavy atom. The zero-order valence-electron chi connectivity index (χ0n) is 13.4. The van der Waals surface area contributed by atoms with Crippen molar-refractivity contribution in [3.8, 4) is 11.3 Å². The number of carbonyl (C=O) groups is 1. The van der Waals surface area contributed by atoms with Gasteiger partial charge in [-0.1, -0.05) is 6.07 Å². The first-order valence-corrected chi connectivity index (χ1v) is 8.05. The van der Waals surface area contributed by atoms with E-state index < -0.39 is 23.2 Å². The van der Waals surface area contributed by atoms with Gasteiger partial charge in [-0.15, -0.1) is 11.3 Å². The molecule has 0 saturated heterocycles. The molecule has 7 heteroatoms. The number of aryl methyl sites for hydroxylation is 3. The van der Waals surface area contributed by atoms with Crippen LogP contribution in [-0.2, 0) is 7.05 Å². The van der Waals surface area contributed by atoms with Crippen molar-refractivity contribution in [1.82, 2.24) is 9.78 Å². The monoisotopic (exact) mass is 347 g/mol. The molecule has 0 aliphatic carbocycles. The molecule has 0 saturated carbocycles. The SMILES string of the molecule is Cc1cc(-c2cc(C(=O)Nc3c(F)cccc3F)nn2C)c(C)s1. The fourth-order valence-electron chi connectivity index (χ4n) is 2.51. The van der Waals surface area contributed by atoms with Crippen molar-refractivity contribution < 1.29 is 13.6 Å². The highest BCUT2D eigenvalue weighted by Crippen LogP contribution is 2.31. The fourth-order valence-corrected chi connectivity index (χ4v) is 3.44. The van der Waals surface area contributed by atoms with E-state index in [4.69, 9.17) is 0 Å². The van der Waals surface area contributed by atoms with Gasteiger partial charge in [-0.05, 0) is 38.1 Å². The molecule has 2 aromatic heterocycles. The third kappa shape index (κ3) is 2.94. The first-order chi connectivity index (χ1) is 11.4. The molecule has 2 heterocycles. The minimum atomic E-state index is -0.830. The van der Waals surface area contributed by atoms with Crippen LogP contribution in [0.2, 0.25) is 0 Å². The van der Waals surface area contributed by atoms with E-state index in [1.807, 2.05) is 19.9 Å². The Bertz CT molecular complexity index is 910. The van der Waals surface area contributed by atoms with Crippen LogP contribution in [0.4, 0.5) is 14.5 Å². The van der Waals surface area contributed by atoms with Crippen LogP contribution in [0.5, 0.6) is 0 Å². The molecule has 3 aromatic rings. The van der Waals surface area contributed by atoms with Gasteiger partial charge in [0.1, 0.15) is 17.3 Å². The van der Waals surface area contributed by atoms with Gasteiger partial charge in [0.05, 0.1) is 5.69 Å². The summed E-state index contributed by atoms with van der Waals surface area (Å²) in [4.78, 5) is 14.6. The minimum absolute atomic E-state index is 0.0957. The van der Waals surface area contributed by atoms with Crippen molar-refractivity contribution in [3.63, 3.8) is 0 Å². The Kier molecular flexibility index (Phi) is 4.19. The predicted molar refractivity (Wildman–Crippen MR) is 90.3 cm³/mol. The molecule has 4 nitrogen and oxygen atoms in total. The van der Waals surface area contributed by atoms with E-state index in [-0.39, 0.29) is 5.69 Å². The zero-order valence-corrected chi connectivity index (χ0v) is 14.2. The number of halogens is 2. The number of anilines is 1. The number of hydrogen-bond donors (Lipinski definition) is 1. The number of carbonyl (C=O) groups excluding carboxylic acids is 1. The van der Waals surface area contributed by atoms with Crippen LogP contribution in [0.25, 0.3) is 11.3 Å². The maximum absolute atomic E-state index is 13.7. The van der Waals surface area contributed by atoms with Gasteiger partial charge in [-0.25, -0.2) is 8.78 Å². The fraction of sp³-hybridized carbons (Fsp3) is 0.176. The molecular weight excluding hydrogens is 332 g/mol. The highest BCUT2D eigenvalue weighted by molar-refractivity contribution is 7.12. The lowest BCUT2D eigenvalue weighted by atomic mass is 10.1. The quantitative estimate of drug-likeness (QED) is 0.768. The summed E-state index contributed by atoms with van der Waals surface area (Å²) in [6.07, 6.45) is 0. The molecule has 0 bridgehead atoms. The van der Waals surface area contributed by atoms with Crippen LogP contribution in [-0.4, -0.2) is 15.7 Å². The van der Waals surface area contributed by atoms with E-state index in [2.05, 4.69) is 10.4 Å². The molecule has 0 atom stereocenters. The molecule has 3 rings (SSSR count). The smallest absolute Gasteiger partial charge is 0.276 e. The molecular formula is C17H15F2N3OS. The Labute approximate surface area is 141 Å². The van der Waals surface area contributed by atoms with Gasteiger partial charge in [0.25, 0.3) is 5.91 Å². The molecule has 124 valence electrons. The van der Waals surface area contributed by atoms with Gasteiger partial charge in [0, 0.05) is 22.4 Å². The van der Waals surface area contributed by atoms with Crippen molar-refractivity contribution in [3.05, 3.63) is 57.4 Å². The van der Waals surface area contributed by atoms with Gasteiger partial charge in [0.2, 0.25) is 0 Å². The lowest BCUT2D eigenvalue weighted by molar-refractivity contribution is 0.102. The third-order valence-electron chi connectivity index (χ3n) is 3.63. The number of amides is 1. The summed E-state index contributed by atoms with van der Waals surface area (Å²) in [5, 5.41) is 6.40. The first kappa shape index (κ1) is 16.3. The third-order valence-corrected chi connectivity index (χ3v) is 4.60. The van der Waals surface area contributed by atoms with Gasteiger partial charge < -0.3 is 5.32 Å². The van der Waals surface area contributed by atoms with E-state index >= 15 is 0 Å².